The number of rotatable bonds is 6. The fourth-order valence-corrected chi connectivity index (χ4v) is 3.75. The smallest absolute Gasteiger partial charge is 0.308 e. The summed E-state index contributed by atoms with van der Waals surface area (Å²) in [6.45, 7) is 4.43. The highest BCUT2D eigenvalue weighted by Crippen LogP contribution is 2.18. The molecule has 0 aliphatic carbocycles. The average molecular weight is 370 g/mol. The molecule has 9 heteroatoms. The van der Waals surface area contributed by atoms with Crippen LogP contribution in [-0.2, 0) is 19.6 Å². The number of sulfonamides is 1. The molecule has 8 nitrogen and oxygen atoms in total. The van der Waals surface area contributed by atoms with Gasteiger partial charge < -0.3 is 15.2 Å². The molecule has 2 N–H and O–H groups in total. The number of hydrogen-bond acceptors (Lipinski definition) is 5. The predicted octanol–water partition coefficient (Wildman–Crippen LogP) is 0.547. The van der Waals surface area contributed by atoms with E-state index in [1.807, 2.05) is 0 Å². The Labute approximate surface area is 146 Å². The van der Waals surface area contributed by atoms with E-state index in [1.165, 1.54) is 35.5 Å². The number of morpholine rings is 1. The van der Waals surface area contributed by atoms with E-state index < -0.39 is 33.9 Å². The van der Waals surface area contributed by atoms with Crippen LogP contribution in [0.4, 0.5) is 0 Å². The predicted molar refractivity (Wildman–Crippen MR) is 89.7 cm³/mol. The van der Waals surface area contributed by atoms with Crippen LogP contribution in [-0.4, -0.2) is 62.1 Å². The van der Waals surface area contributed by atoms with Gasteiger partial charge in [-0.3, -0.25) is 9.59 Å². The number of nitrogens with one attached hydrogen (secondary N) is 1. The summed E-state index contributed by atoms with van der Waals surface area (Å²) in [5.41, 5.74) is 0.269. The van der Waals surface area contributed by atoms with Crippen molar-refractivity contribution in [2.75, 3.05) is 26.3 Å². The number of aliphatic carboxylic acids is 1. The monoisotopic (exact) mass is 370 g/mol. The van der Waals surface area contributed by atoms with Gasteiger partial charge in [0, 0.05) is 24.7 Å². The van der Waals surface area contributed by atoms with Crippen LogP contribution in [0.15, 0.2) is 29.2 Å². The Morgan fingerprint density at radius 1 is 1.16 bits per heavy atom. The van der Waals surface area contributed by atoms with E-state index >= 15 is 0 Å². The number of carboxylic acids is 1. The van der Waals surface area contributed by atoms with Gasteiger partial charge in [0.2, 0.25) is 10.0 Å². The molecule has 1 saturated heterocycles. The van der Waals surface area contributed by atoms with Crippen LogP contribution < -0.4 is 5.32 Å². The van der Waals surface area contributed by atoms with Crippen LogP contribution in [0.1, 0.15) is 24.2 Å². The second kappa shape index (κ2) is 7.94. The fourth-order valence-electron chi connectivity index (χ4n) is 2.34. The van der Waals surface area contributed by atoms with Crippen molar-refractivity contribution < 1.29 is 27.9 Å². The summed E-state index contributed by atoms with van der Waals surface area (Å²) in [5, 5.41) is 11.6. The molecule has 2 unspecified atom stereocenters. The zero-order valence-corrected chi connectivity index (χ0v) is 15.0. The van der Waals surface area contributed by atoms with E-state index in [9.17, 15) is 18.0 Å². The summed E-state index contributed by atoms with van der Waals surface area (Å²) in [6, 6.07) is 5.04. The summed E-state index contributed by atoms with van der Waals surface area (Å²) in [4.78, 5) is 23.2. The summed E-state index contributed by atoms with van der Waals surface area (Å²) < 4.78 is 31.5. The molecule has 0 radical (unpaired) electrons. The first-order chi connectivity index (χ1) is 11.7. The Hall–Kier alpha value is -1.97. The second-order valence-corrected chi connectivity index (χ2v) is 7.87. The minimum absolute atomic E-state index is 0.109. The Balaban J connectivity index is 2.08. The van der Waals surface area contributed by atoms with E-state index in [2.05, 4.69) is 5.32 Å². The molecule has 0 aromatic heterocycles. The average Bonchev–Trinajstić information content (AvgIpc) is 2.61. The van der Waals surface area contributed by atoms with Gasteiger partial charge >= 0.3 is 5.97 Å². The van der Waals surface area contributed by atoms with Crippen LogP contribution >= 0.6 is 0 Å². The Morgan fingerprint density at radius 2 is 1.72 bits per heavy atom. The standard InChI is InChI=1S/C16H22N2O6S/c1-11(16(20)21)12(2)17-15(19)13-3-5-14(6-4-13)25(22,23)18-7-9-24-10-8-18/h3-6,11-12H,7-10H2,1-2H3,(H,17,19)(H,20,21). The van der Waals surface area contributed by atoms with Crippen molar-refractivity contribution in [3.05, 3.63) is 29.8 Å². The highest BCUT2D eigenvalue weighted by molar-refractivity contribution is 7.89. The summed E-state index contributed by atoms with van der Waals surface area (Å²) in [5.74, 6) is -2.18. The molecular weight excluding hydrogens is 348 g/mol. The van der Waals surface area contributed by atoms with Gasteiger partial charge in [0.25, 0.3) is 5.91 Å². The zero-order valence-electron chi connectivity index (χ0n) is 14.1. The lowest BCUT2D eigenvalue weighted by Gasteiger charge is -2.26. The molecule has 138 valence electrons. The Kier molecular flexibility index (Phi) is 6.15. The van der Waals surface area contributed by atoms with Crippen LogP contribution in [0.2, 0.25) is 0 Å². The van der Waals surface area contributed by atoms with E-state index in [-0.39, 0.29) is 10.5 Å². The van der Waals surface area contributed by atoms with Crippen molar-refractivity contribution in [3.8, 4) is 0 Å². The quantitative estimate of drug-likeness (QED) is 0.756. The van der Waals surface area contributed by atoms with E-state index in [1.54, 1.807) is 6.92 Å². The minimum atomic E-state index is -3.61. The van der Waals surface area contributed by atoms with Gasteiger partial charge in [-0.25, -0.2) is 8.42 Å². The summed E-state index contributed by atoms with van der Waals surface area (Å²) in [7, 11) is -3.61. The third kappa shape index (κ3) is 4.56. The number of hydrogen-bond donors (Lipinski definition) is 2. The molecule has 1 aromatic carbocycles. The lowest BCUT2D eigenvalue weighted by molar-refractivity contribution is -0.141. The van der Waals surface area contributed by atoms with E-state index in [0.717, 1.165) is 0 Å². The normalized spacial score (nSPS) is 18.3. The fraction of sp³-hybridized carbons (Fsp3) is 0.500. The molecule has 1 amide bonds. The maximum atomic E-state index is 12.5. The van der Waals surface area contributed by atoms with E-state index in [0.29, 0.717) is 26.3 Å². The molecule has 1 fully saturated rings. The molecule has 0 spiro atoms. The molecule has 1 heterocycles. The topological polar surface area (TPSA) is 113 Å². The number of benzene rings is 1. The van der Waals surface area contributed by atoms with E-state index in [4.69, 9.17) is 9.84 Å². The maximum Gasteiger partial charge on any atom is 0.308 e. The van der Waals surface area contributed by atoms with Crippen molar-refractivity contribution in [1.82, 2.24) is 9.62 Å². The van der Waals surface area contributed by atoms with Crippen molar-refractivity contribution >= 4 is 21.9 Å². The molecule has 0 saturated carbocycles. The van der Waals surface area contributed by atoms with Crippen LogP contribution in [0.25, 0.3) is 0 Å². The number of amides is 1. The molecular formula is C16H22N2O6S. The van der Waals surface area contributed by atoms with Crippen molar-refractivity contribution in [2.45, 2.75) is 24.8 Å². The third-order valence-corrected chi connectivity index (χ3v) is 6.14. The van der Waals surface area contributed by atoms with Crippen LogP contribution in [0, 0.1) is 5.92 Å². The van der Waals surface area contributed by atoms with Crippen molar-refractivity contribution in [1.29, 1.82) is 0 Å². The summed E-state index contributed by atoms with van der Waals surface area (Å²) in [6.07, 6.45) is 0. The van der Waals surface area contributed by atoms with Gasteiger partial charge in [-0.1, -0.05) is 0 Å². The van der Waals surface area contributed by atoms with Crippen molar-refractivity contribution in [2.24, 2.45) is 5.92 Å². The van der Waals surface area contributed by atoms with Gasteiger partial charge in [-0.05, 0) is 38.1 Å². The van der Waals surface area contributed by atoms with Gasteiger partial charge in [0.1, 0.15) is 0 Å². The lowest BCUT2D eigenvalue weighted by atomic mass is 10.0. The number of carbonyl (C=O) groups excluding carboxylic acids is 1. The number of nitrogens with zero attached hydrogens (tertiary/aromatic N) is 1. The Morgan fingerprint density at radius 3 is 2.24 bits per heavy atom. The largest absolute Gasteiger partial charge is 0.481 e. The zero-order chi connectivity index (χ0) is 18.6. The molecule has 2 atom stereocenters. The molecule has 1 aromatic rings. The van der Waals surface area contributed by atoms with Gasteiger partial charge in [0.15, 0.2) is 0 Å². The van der Waals surface area contributed by atoms with Gasteiger partial charge in [-0.15, -0.1) is 0 Å². The highest BCUT2D eigenvalue weighted by Gasteiger charge is 2.26. The van der Waals surface area contributed by atoms with Crippen molar-refractivity contribution in [3.63, 3.8) is 0 Å². The third-order valence-electron chi connectivity index (χ3n) is 4.22. The number of carbonyl (C=O) groups is 2. The van der Waals surface area contributed by atoms with Gasteiger partial charge in [0.05, 0.1) is 24.0 Å². The van der Waals surface area contributed by atoms with Crippen LogP contribution in [0.5, 0.6) is 0 Å². The molecule has 1 aliphatic heterocycles. The lowest BCUT2D eigenvalue weighted by Crippen LogP contribution is -2.41. The summed E-state index contributed by atoms with van der Waals surface area (Å²) >= 11 is 0. The maximum absolute atomic E-state index is 12.5. The second-order valence-electron chi connectivity index (χ2n) is 5.93. The highest BCUT2D eigenvalue weighted by atomic mass is 32.2. The Bertz CT molecular complexity index is 725. The molecule has 25 heavy (non-hydrogen) atoms. The first kappa shape index (κ1) is 19.4. The SMILES string of the molecule is CC(NC(=O)c1ccc(S(=O)(=O)N2CCOCC2)cc1)C(C)C(=O)O. The van der Waals surface area contributed by atoms with Crippen LogP contribution in [0.3, 0.4) is 0 Å². The number of ether oxygens (including phenoxy) is 1. The van der Waals surface area contributed by atoms with Gasteiger partial charge in [-0.2, -0.15) is 4.31 Å². The first-order valence-corrected chi connectivity index (χ1v) is 9.39. The first-order valence-electron chi connectivity index (χ1n) is 7.95. The number of carboxylic acid groups (broad SMARTS) is 1. The molecule has 2 rings (SSSR count). The minimum Gasteiger partial charge on any atom is -0.481 e. The molecule has 1 aliphatic rings. The molecule has 0 bridgehead atoms.